The van der Waals surface area contributed by atoms with Gasteiger partial charge in [0.15, 0.2) is 0 Å². The van der Waals surface area contributed by atoms with Crippen LogP contribution < -0.4 is 5.32 Å². The van der Waals surface area contributed by atoms with E-state index < -0.39 is 0 Å². The van der Waals surface area contributed by atoms with Crippen LogP contribution in [0.25, 0.3) is 0 Å². The highest BCUT2D eigenvalue weighted by atomic mass is 16.2. The van der Waals surface area contributed by atoms with Crippen molar-refractivity contribution in [1.82, 2.24) is 9.80 Å². The Labute approximate surface area is 145 Å². The molecule has 1 saturated heterocycles. The van der Waals surface area contributed by atoms with Crippen LogP contribution in [0.4, 0.5) is 10.5 Å². The number of nitrogens with zero attached hydrogens (tertiary/aromatic N) is 2. The van der Waals surface area contributed by atoms with Crippen molar-refractivity contribution in [2.45, 2.75) is 40.5 Å². The van der Waals surface area contributed by atoms with Gasteiger partial charge in [-0.25, -0.2) is 4.79 Å². The van der Waals surface area contributed by atoms with Crippen LogP contribution in [0, 0.1) is 19.8 Å². The molecule has 1 heterocycles. The average molecular weight is 331 g/mol. The third-order valence-corrected chi connectivity index (χ3v) is 4.81. The molecule has 1 aromatic carbocycles. The van der Waals surface area contributed by atoms with Crippen molar-refractivity contribution in [3.05, 3.63) is 29.3 Å². The highest BCUT2D eigenvalue weighted by molar-refractivity contribution is 5.93. The molecule has 0 atom stereocenters. The molecule has 1 fully saturated rings. The van der Waals surface area contributed by atoms with E-state index in [1.807, 2.05) is 49.6 Å². The zero-order chi connectivity index (χ0) is 17.7. The Hall–Kier alpha value is -2.04. The summed E-state index contributed by atoms with van der Waals surface area (Å²) in [6, 6.07) is 6.13. The van der Waals surface area contributed by atoms with Gasteiger partial charge in [0.25, 0.3) is 0 Å². The van der Waals surface area contributed by atoms with Crippen LogP contribution in [0.15, 0.2) is 18.2 Å². The molecule has 0 aliphatic carbocycles. The number of nitrogens with one attached hydrogen (secondary N) is 1. The number of rotatable bonds is 4. The van der Waals surface area contributed by atoms with Gasteiger partial charge in [-0.15, -0.1) is 0 Å². The molecule has 5 heteroatoms. The molecule has 132 valence electrons. The van der Waals surface area contributed by atoms with Crippen LogP contribution in [0.5, 0.6) is 0 Å². The molecular formula is C19H29N3O2. The number of aryl methyl sites for hydroxylation is 2. The molecule has 5 nitrogen and oxygen atoms in total. The fraction of sp³-hybridized carbons (Fsp3) is 0.579. The Morgan fingerprint density at radius 3 is 2.33 bits per heavy atom. The molecule has 1 aliphatic rings. The fourth-order valence-corrected chi connectivity index (χ4v) is 3.22. The number of amides is 3. The summed E-state index contributed by atoms with van der Waals surface area (Å²) in [6.45, 7) is 10.8. The summed E-state index contributed by atoms with van der Waals surface area (Å²) >= 11 is 0. The molecule has 0 bridgehead atoms. The van der Waals surface area contributed by atoms with Crippen molar-refractivity contribution < 1.29 is 9.59 Å². The van der Waals surface area contributed by atoms with Crippen LogP contribution in [0.3, 0.4) is 0 Å². The first-order chi connectivity index (χ1) is 11.5. The van der Waals surface area contributed by atoms with Crippen molar-refractivity contribution in [3.8, 4) is 0 Å². The maximum atomic E-state index is 12.5. The summed E-state index contributed by atoms with van der Waals surface area (Å²) in [4.78, 5) is 28.6. The molecule has 0 unspecified atom stereocenters. The van der Waals surface area contributed by atoms with Gasteiger partial charge < -0.3 is 15.1 Å². The number of anilines is 1. The molecule has 0 radical (unpaired) electrons. The van der Waals surface area contributed by atoms with E-state index in [2.05, 4.69) is 11.4 Å². The van der Waals surface area contributed by atoms with Crippen molar-refractivity contribution in [3.63, 3.8) is 0 Å². The Kier molecular flexibility index (Phi) is 6.23. The van der Waals surface area contributed by atoms with Crippen LogP contribution in [0.2, 0.25) is 0 Å². The van der Waals surface area contributed by atoms with Crippen LogP contribution in [0.1, 0.15) is 37.8 Å². The molecular weight excluding hydrogens is 302 g/mol. The lowest BCUT2D eigenvalue weighted by molar-refractivity contribution is -0.121. The topological polar surface area (TPSA) is 52.7 Å². The summed E-state index contributed by atoms with van der Waals surface area (Å²) in [6.07, 6.45) is 1.45. The Morgan fingerprint density at radius 1 is 1.17 bits per heavy atom. The second-order valence-corrected chi connectivity index (χ2v) is 6.52. The number of urea groups is 1. The third-order valence-electron chi connectivity index (χ3n) is 4.81. The standard InChI is InChI=1S/C19H29N3O2/c1-5-21(6-2)19(24)22-11-9-16(10-12-22)18(23)20-17-8-7-14(3)13-15(17)4/h7-8,13,16H,5-6,9-12H2,1-4H3,(H,20,23). The highest BCUT2D eigenvalue weighted by Gasteiger charge is 2.29. The van der Waals surface area contributed by atoms with Gasteiger partial charge in [-0.1, -0.05) is 17.7 Å². The van der Waals surface area contributed by atoms with Crippen molar-refractivity contribution >= 4 is 17.6 Å². The predicted molar refractivity (Wildman–Crippen MR) is 97.2 cm³/mol. The first kappa shape index (κ1) is 18.3. The normalized spacial score (nSPS) is 15.2. The molecule has 1 N–H and O–H groups in total. The molecule has 24 heavy (non-hydrogen) atoms. The first-order valence-corrected chi connectivity index (χ1v) is 8.88. The minimum atomic E-state index is -0.0218. The maximum Gasteiger partial charge on any atom is 0.319 e. The molecule has 0 spiro atoms. The van der Waals surface area contributed by atoms with E-state index in [0.717, 1.165) is 37.2 Å². The number of hydrogen-bond donors (Lipinski definition) is 1. The number of carbonyl (C=O) groups is 2. The largest absolute Gasteiger partial charge is 0.326 e. The monoisotopic (exact) mass is 331 g/mol. The quantitative estimate of drug-likeness (QED) is 0.919. The Balaban J connectivity index is 1.89. The lowest BCUT2D eigenvalue weighted by Gasteiger charge is -2.34. The van der Waals surface area contributed by atoms with Gasteiger partial charge in [0.05, 0.1) is 0 Å². The van der Waals surface area contributed by atoms with Crippen LogP contribution in [-0.2, 0) is 4.79 Å². The smallest absolute Gasteiger partial charge is 0.319 e. The van der Waals surface area contributed by atoms with Gasteiger partial charge in [0, 0.05) is 37.8 Å². The number of benzene rings is 1. The molecule has 1 aromatic rings. The first-order valence-electron chi connectivity index (χ1n) is 8.88. The molecule has 0 aromatic heterocycles. The second-order valence-electron chi connectivity index (χ2n) is 6.52. The van der Waals surface area contributed by atoms with E-state index >= 15 is 0 Å². The van der Waals surface area contributed by atoms with Crippen LogP contribution >= 0.6 is 0 Å². The summed E-state index contributed by atoms with van der Waals surface area (Å²) in [5.41, 5.74) is 3.15. The molecule has 2 rings (SSSR count). The predicted octanol–water partition coefficient (Wildman–Crippen LogP) is 3.42. The second kappa shape index (κ2) is 8.18. The van der Waals surface area contributed by atoms with Gasteiger partial charge in [0.2, 0.25) is 5.91 Å². The van der Waals surface area contributed by atoms with Gasteiger partial charge in [-0.05, 0) is 52.2 Å². The fourth-order valence-electron chi connectivity index (χ4n) is 3.22. The number of hydrogen-bond acceptors (Lipinski definition) is 2. The summed E-state index contributed by atoms with van der Waals surface area (Å²) in [5.74, 6) is 0.0448. The van der Waals surface area contributed by atoms with Crippen molar-refractivity contribution in [1.29, 1.82) is 0 Å². The minimum Gasteiger partial charge on any atom is -0.326 e. The summed E-state index contributed by atoms with van der Waals surface area (Å²) in [5, 5.41) is 3.04. The van der Waals surface area contributed by atoms with E-state index in [0.29, 0.717) is 13.1 Å². The summed E-state index contributed by atoms with van der Waals surface area (Å²) < 4.78 is 0. The van der Waals surface area contributed by atoms with Gasteiger partial charge >= 0.3 is 6.03 Å². The lowest BCUT2D eigenvalue weighted by atomic mass is 9.95. The zero-order valence-corrected chi connectivity index (χ0v) is 15.3. The van der Waals surface area contributed by atoms with Gasteiger partial charge in [0.1, 0.15) is 0 Å². The number of piperidine rings is 1. The molecule has 1 aliphatic heterocycles. The minimum absolute atomic E-state index is 0.0218. The van der Waals surface area contributed by atoms with Crippen molar-refractivity contribution in [2.75, 3.05) is 31.5 Å². The van der Waals surface area contributed by atoms with Gasteiger partial charge in [-0.3, -0.25) is 4.79 Å². The van der Waals surface area contributed by atoms with E-state index in [1.165, 1.54) is 5.56 Å². The molecule has 0 saturated carbocycles. The highest BCUT2D eigenvalue weighted by Crippen LogP contribution is 2.22. The molecule has 3 amide bonds. The van der Waals surface area contributed by atoms with E-state index in [-0.39, 0.29) is 17.9 Å². The third kappa shape index (κ3) is 4.28. The average Bonchev–Trinajstić information content (AvgIpc) is 2.58. The summed E-state index contributed by atoms with van der Waals surface area (Å²) in [7, 11) is 0. The van der Waals surface area contributed by atoms with Gasteiger partial charge in [-0.2, -0.15) is 0 Å². The number of carbonyl (C=O) groups excluding carboxylic acids is 2. The SMILES string of the molecule is CCN(CC)C(=O)N1CCC(C(=O)Nc2ccc(C)cc2C)CC1. The zero-order valence-electron chi connectivity index (χ0n) is 15.3. The van der Waals surface area contributed by atoms with E-state index in [1.54, 1.807) is 0 Å². The van der Waals surface area contributed by atoms with Crippen molar-refractivity contribution in [2.24, 2.45) is 5.92 Å². The Bertz CT molecular complexity index is 588. The lowest BCUT2D eigenvalue weighted by Crippen LogP contribution is -2.47. The number of likely N-dealkylation sites (tertiary alicyclic amines) is 1. The van der Waals surface area contributed by atoms with E-state index in [4.69, 9.17) is 0 Å². The van der Waals surface area contributed by atoms with E-state index in [9.17, 15) is 9.59 Å². The Morgan fingerprint density at radius 2 is 1.79 bits per heavy atom. The van der Waals surface area contributed by atoms with Crippen LogP contribution in [-0.4, -0.2) is 47.9 Å². The maximum absolute atomic E-state index is 12.5.